The number of furan rings is 1. The molecule has 0 bridgehead atoms. The molecule has 1 N–H and O–H groups in total. The molecular formula is C20H19N3O2S. The molecule has 1 aliphatic heterocycles. The number of ether oxygens (including phenoxy) is 1. The molecule has 132 valence electrons. The van der Waals surface area contributed by atoms with Gasteiger partial charge in [-0.1, -0.05) is 18.2 Å². The minimum absolute atomic E-state index is 0.0606. The highest BCUT2D eigenvalue weighted by Crippen LogP contribution is 2.39. The van der Waals surface area contributed by atoms with Crippen molar-refractivity contribution in [3.63, 3.8) is 0 Å². The highest BCUT2D eigenvalue weighted by Gasteiger charge is 2.41. The SMILES string of the molecule is COc1ccc(CN2C(=S)N[C@H](c3ccccn3)[C@H]2c2ccco2)cc1. The first kappa shape index (κ1) is 16.6. The summed E-state index contributed by atoms with van der Waals surface area (Å²) >= 11 is 5.64. The third-order valence-electron chi connectivity index (χ3n) is 4.54. The summed E-state index contributed by atoms with van der Waals surface area (Å²) in [5.74, 6) is 1.70. The fraction of sp³-hybridized carbons (Fsp3) is 0.200. The summed E-state index contributed by atoms with van der Waals surface area (Å²) in [5, 5.41) is 4.10. The molecule has 1 aliphatic rings. The molecule has 3 heterocycles. The van der Waals surface area contributed by atoms with E-state index in [9.17, 15) is 0 Å². The van der Waals surface area contributed by atoms with Gasteiger partial charge >= 0.3 is 0 Å². The molecule has 1 fully saturated rings. The van der Waals surface area contributed by atoms with Crippen LogP contribution in [0.3, 0.4) is 0 Å². The largest absolute Gasteiger partial charge is 0.497 e. The molecule has 0 aliphatic carbocycles. The van der Waals surface area contributed by atoms with Crippen molar-refractivity contribution in [2.24, 2.45) is 0 Å². The van der Waals surface area contributed by atoms with Crippen molar-refractivity contribution < 1.29 is 9.15 Å². The fourth-order valence-corrected chi connectivity index (χ4v) is 3.58. The Morgan fingerprint density at radius 1 is 1.15 bits per heavy atom. The summed E-state index contributed by atoms with van der Waals surface area (Å²) in [7, 11) is 1.67. The number of thiocarbonyl (C=S) groups is 1. The van der Waals surface area contributed by atoms with Crippen molar-refractivity contribution in [2.75, 3.05) is 7.11 Å². The summed E-state index contributed by atoms with van der Waals surface area (Å²) in [5.41, 5.74) is 2.08. The van der Waals surface area contributed by atoms with Crippen LogP contribution in [-0.4, -0.2) is 22.1 Å². The van der Waals surface area contributed by atoms with Crippen molar-refractivity contribution in [1.82, 2.24) is 15.2 Å². The maximum atomic E-state index is 5.73. The monoisotopic (exact) mass is 365 g/mol. The average Bonchev–Trinajstić information content (AvgIpc) is 3.32. The van der Waals surface area contributed by atoms with Gasteiger partial charge < -0.3 is 19.4 Å². The van der Waals surface area contributed by atoms with Gasteiger partial charge in [0.25, 0.3) is 0 Å². The van der Waals surface area contributed by atoms with E-state index in [0.717, 1.165) is 22.8 Å². The normalized spacial score (nSPS) is 19.4. The lowest BCUT2D eigenvalue weighted by molar-refractivity contribution is 0.267. The first-order valence-corrected chi connectivity index (χ1v) is 8.81. The first-order valence-electron chi connectivity index (χ1n) is 8.40. The Bertz CT molecular complexity index is 866. The summed E-state index contributed by atoms with van der Waals surface area (Å²) in [6.45, 7) is 0.671. The van der Waals surface area contributed by atoms with Crippen molar-refractivity contribution >= 4 is 17.3 Å². The number of nitrogens with one attached hydrogen (secondary N) is 1. The molecule has 26 heavy (non-hydrogen) atoms. The molecule has 6 heteroatoms. The van der Waals surface area contributed by atoms with E-state index in [-0.39, 0.29) is 12.1 Å². The van der Waals surface area contributed by atoms with Crippen LogP contribution in [0.4, 0.5) is 0 Å². The van der Waals surface area contributed by atoms with Gasteiger partial charge in [0.05, 0.1) is 25.1 Å². The van der Waals surface area contributed by atoms with Crippen LogP contribution in [0.15, 0.2) is 71.5 Å². The van der Waals surface area contributed by atoms with Crippen LogP contribution in [0.25, 0.3) is 0 Å². The molecule has 0 unspecified atom stereocenters. The van der Waals surface area contributed by atoms with Gasteiger partial charge in [0.1, 0.15) is 17.6 Å². The quantitative estimate of drug-likeness (QED) is 0.693. The summed E-state index contributed by atoms with van der Waals surface area (Å²) in [6.07, 6.45) is 3.49. The summed E-state index contributed by atoms with van der Waals surface area (Å²) in [6, 6.07) is 17.7. The molecule has 5 nitrogen and oxygen atoms in total. The molecule has 2 atom stereocenters. The lowest BCUT2D eigenvalue weighted by Crippen LogP contribution is -2.29. The van der Waals surface area contributed by atoms with E-state index < -0.39 is 0 Å². The number of hydrogen-bond donors (Lipinski definition) is 1. The second kappa shape index (κ2) is 7.17. The summed E-state index contributed by atoms with van der Waals surface area (Å²) < 4.78 is 11.0. The first-order chi connectivity index (χ1) is 12.8. The van der Waals surface area contributed by atoms with E-state index in [0.29, 0.717) is 11.7 Å². The number of pyridine rings is 1. The highest BCUT2D eigenvalue weighted by atomic mass is 32.1. The van der Waals surface area contributed by atoms with Crippen LogP contribution < -0.4 is 10.1 Å². The topological polar surface area (TPSA) is 50.5 Å². The Hall–Kier alpha value is -2.86. The van der Waals surface area contributed by atoms with Gasteiger partial charge in [0, 0.05) is 12.7 Å². The maximum Gasteiger partial charge on any atom is 0.170 e. The van der Waals surface area contributed by atoms with Crippen molar-refractivity contribution in [3.05, 3.63) is 84.1 Å². The molecule has 0 radical (unpaired) electrons. The number of benzene rings is 1. The molecule has 0 saturated carbocycles. The number of rotatable bonds is 5. The van der Waals surface area contributed by atoms with Crippen molar-refractivity contribution in [2.45, 2.75) is 18.6 Å². The van der Waals surface area contributed by atoms with E-state index in [4.69, 9.17) is 21.4 Å². The molecule has 3 aromatic rings. The zero-order valence-electron chi connectivity index (χ0n) is 14.3. The highest BCUT2D eigenvalue weighted by molar-refractivity contribution is 7.80. The van der Waals surface area contributed by atoms with E-state index in [2.05, 4.69) is 27.3 Å². The van der Waals surface area contributed by atoms with E-state index >= 15 is 0 Å². The Balaban J connectivity index is 1.66. The molecule has 0 amide bonds. The number of nitrogens with zero attached hydrogens (tertiary/aromatic N) is 2. The lowest BCUT2D eigenvalue weighted by atomic mass is 10.0. The van der Waals surface area contributed by atoms with Crippen LogP contribution in [-0.2, 0) is 6.54 Å². The number of methoxy groups -OCH3 is 1. The van der Waals surface area contributed by atoms with Crippen LogP contribution in [0.2, 0.25) is 0 Å². The van der Waals surface area contributed by atoms with Gasteiger partial charge in [0.2, 0.25) is 0 Å². The Morgan fingerprint density at radius 3 is 2.65 bits per heavy atom. The van der Waals surface area contributed by atoms with E-state index in [1.807, 2.05) is 42.5 Å². The predicted octanol–water partition coefficient (Wildman–Crippen LogP) is 3.86. The van der Waals surface area contributed by atoms with Crippen LogP contribution in [0, 0.1) is 0 Å². The Morgan fingerprint density at radius 2 is 2.00 bits per heavy atom. The van der Waals surface area contributed by atoms with Crippen molar-refractivity contribution in [1.29, 1.82) is 0 Å². The lowest BCUT2D eigenvalue weighted by Gasteiger charge is -2.26. The van der Waals surface area contributed by atoms with Gasteiger partial charge in [-0.3, -0.25) is 4.98 Å². The summed E-state index contributed by atoms with van der Waals surface area (Å²) in [4.78, 5) is 6.66. The molecule has 0 spiro atoms. The van der Waals surface area contributed by atoms with E-state index in [1.165, 1.54) is 0 Å². The number of hydrogen-bond acceptors (Lipinski definition) is 4. The average molecular weight is 365 g/mol. The fourth-order valence-electron chi connectivity index (χ4n) is 3.27. The molecular weight excluding hydrogens is 346 g/mol. The zero-order valence-corrected chi connectivity index (χ0v) is 15.1. The third-order valence-corrected chi connectivity index (χ3v) is 4.90. The maximum absolute atomic E-state index is 5.73. The molecule has 1 saturated heterocycles. The van der Waals surface area contributed by atoms with Crippen LogP contribution >= 0.6 is 12.2 Å². The van der Waals surface area contributed by atoms with Crippen LogP contribution in [0.5, 0.6) is 5.75 Å². The van der Waals surface area contributed by atoms with Gasteiger partial charge in [-0.05, 0) is 54.2 Å². The van der Waals surface area contributed by atoms with Crippen molar-refractivity contribution in [3.8, 4) is 5.75 Å². The molecule has 2 aromatic heterocycles. The minimum atomic E-state index is -0.0619. The second-order valence-electron chi connectivity index (χ2n) is 6.12. The van der Waals surface area contributed by atoms with E-state index in [1.54, 1.807) is 19.6 Å². The molecule has 4 rings (SSSR count). The molecule has 1 aromatic carbocycles. The third kappa shape index (κ3) is 3.15. The smallest absolute Gasteiger partial charge is 0.170 e. The Kier molecular flexibility index (Phi) is 4.58. The predicted molar refractivity (Wildman–Crippen MR) is 103 cm³/mol. The van der Waals surface area contributed by atoms with Gasteiger partial charge in [0.15, 0.2) is 5.11 Å². The van der Waals surface area contributed by atoms with Gasteiger partial charge in [-0.2, -0.15) is 0 Å². The zero-order chi connectivity index (χ0) is 17.9. The second-order valence-corrected chi connectivity index (χ2v) is 6.50. The van der Waals surface area contributed by atoms with Gasteiger partial charge in [-0.15, -0.1) is 0 Å². The minimum Gasteiger partial charge on any atom is -0.497 e. The van der Waals surface area contributed by atoms with Gasteiger partial charge in [-0.25, -0.2) is 0 Å². The standard InChI is InChI=1S/C20H19N3O2S/c1-24-15-9-7-14(8-10-15)13-23-19(17-6-4-12-25-17)18(22-20(23)26)16-5-2-3-11-21-16/h2-12,18-19H,13H2,1H3,(H,22,26)/t18-,19-/m1/s1. The number of aromatic nitrogens is 1. The Labute approximate surface area is 157 Å². The van der Waals surface area contributed by atoms with Crippen LogP contribution in [0.1, 0.15) is 29.1 Å².